The smallest absolute Gasteiger partial charge is 0.234 e. The first-order valence-corrected chi connectivity index (χ1v) is 18.8. The van der Waals surface area contributed by atoms with Crippen molar-refractivity contribution in [1.82, 2.24) is 4.48 Å². The minimum Gasteiger partial charge on any atom is -0.400 e. The third kappa shape index (κ3) is 5.47. The highest BCUT2D eigenvalue weighted by molar-refractivity contribution is 6.10. The zero-order valence-corrected chi connectivity index (χ0v) is 29.2. The topological polar surface area (TPSA) is 17.3 Å². The van der Waals surface area contributed by atoms with E-state index in [2.05, 4.69) is 88.5 Å². The summed E-state index contributed by atoms with van der Waals surface area (Å²) >= 11 is 0. The molecule has 2 aromatic rings. The zero-order chi connectivity index (χ0) is 31.5. The molecule has 0 spiro atoms. The second kappa shape index (κ2) is 12.1. The van der Waals surface area contributed by atoms with E-state index in [0.717, 1.165) is 53.3 Å². The Morgan fingerprint density at radius 3 is 2.11 bits per heavy atom. The summed E-state index contributed by atoms with van der Waals surface area (Å²) < 4.78 is 2.13. The number of benzene rings is 1. The lowest BCUT2D eigenvalue weighted by atomic mass is 9.54. The fraction of sp³-hybridized carbons (Fsp3) is 0.643. The molecule has 2 nitrogen and oxygen atoms in total. The van der Waals surface area contributed by atoms with Crippen LogP contribution >= 0.6 is 0 Å². The fourth-order valence-electron chi connectivity index (χ4n) is 11.9. The molecule has 5 aliphatic rings. The second-order valence-electron chi connectivity index (χ2n) is 16.7. The molecule has 8 unspecified atom stereocenters. The van der Waals surface area contributed by atoms with E-state index in [0.29, 0.717) is 0 Å². The van der Waals surface area contributed by atoms with Crippen molar-refractivity contribution in [1.29, 1.82) is 0 Å². The summed E-state index contributed by atoms with van der Waals surface area (Å²) in [6.07, 6.45) is 21.7. The van der Waals surface area contributed by atoms with Crippen LogP contribution in [0.2, 0.25) is 0 Å². The predicted octanol–water partition coefficient (Wildman–Crippen LogP) is 10.8. The quantitative estimate of drug-likeness (QED) is 0.281. The molecule has 4 fully saturated rings. The minimum atomic E-state index is 0.187. The van der Waals surface area contributed by atoms with Gasteiger partial charge in [-0.05, 0) is 154 Å². The maximum absolute atomic E-state index is 7.37. The molecule has 1 aliphatic heterocycles. The molecule has 3 heteroatoms. The Kier molecular flexibility index (Phi) is 8.40. The molecule has 1 aromatic carbocycles. The van der Waals surface area contributed by atoms with Crippen LogP contribution in [0.5, 0.6) is 0 Å². The van der Waals surface area contributed by atoms with E-state index in [4.69, 9.17) is 13.0 Å². The van der Waals surface area contributed by atoms with Crippen LogP contribution in [0, 0.1) is 47.8 Å². The van der Waals surface area contributed by atoms with Gasteiger partial charge >= 0.3 is 0 Å². The highest BCUT2D eigenvalue weighted by atomic mass is 14.9. The van der Waals surface area contributed by atoms with Crippen molar-refractivity contribution in [2.75, 3.05) is 0 Å². The molecule has 45 heavy (non-hydrogen) atoms. The van der Waals surface area contributed by atoms with Gasteiger partial charge in [-0.1, -0.05) is 65.7 Å². The van der Waals surface area contributed by atoms with Crippen molar-refractivity contribution < 1.29 is 0 Å². The van der Waals surface area contributed by atoms with Gasteiger partial charge in [0.05, 0.1) is 5.70 Å². The van der Waals surface area contributed by atoms with E-state index in [-0.39, 0.29) is 10.8 Å². The van der Waals surface area contributed by atoms with Gasteiger partial charge in [-0.2, -0.15) is 0 Å². The molecule has 7 rings (SSSR count). The third-order valence-electron chi connectivity index (χ3n) is 13.3. The summed E-state index contributed by atoms with van der Waals surface area (Å²) in [5, 5.41) is 0. The predicted molar refractivity (Wildman–Crippen MR) is 192 cm³/mol. The molecule has 4 aliphatic carbocycles. The van der Waals surface area contributed by atoms with Gasteiger partial charge in [0.15, 0.2) is 0 Å². The molecule has 238 valence electrons. The maximum atomic E-state index is 7.37. The van der Waals surface area contributed by atoms with Gasteiger partial charge in [-0.25, -0.2) is 0 Å². The lowest BCUT2D eigenvalue weighted by Crippen LogP contribution is -2.44. The van der Waals surface area contributed by atoms with Crippen LogP contribution < -0.4 is 0 Å². The Morgan fingerprint density at radius 2 is 1.44 bits per heavy atom. The number of nitrogens with zero attached hydrogens (tertiary/aromatic N) is 2. The van der Waals surface area contributed by atoms with Crippen molar-refractivity contribution in [3.05, 3.63) is 76.3 Å². The molecule has 0 N–H and O–H groups in total. The summed E-state index contributed by atoms with van der Waals surface area (Å²) in [5.41, 5.74) is 10.7. The Balaban J connectivity index is 1.38. The van der Waals surface area contributed by atoms with Crippen LogP contribution in [0.4, 0.5) is 0 Å². The highest BCUT2D eigenvalue weighted by Crippen LogP contribution is 2.57. The summed E-state index contributed by atoms with van der Waals surface area (Å²) in [4.78, 5) is 5.67. The van der Waals surface area contributed by atoms with Crippen molar-refractivity contribution in [3.63, 3.8) is 0 Å². The van der Waals surface area contributed by atoms with E-state index in [9.17, 15) is 0 Å². The second-order valence-corrected chi connectivity index (χ2v) is 16.7. The lowest BCUT2D eigenvalue weighted by Gasteiger charge is -2.51. The monoisotopic (exact) mass is 600 g/mol. The normalized spacial score (nSPS) is 37.1. The molecule has 4 bridgehead atoms. The van der Waals surface area contributed by atoms with Crippen LogP contribution in [0.3, 0.4) is 0 Å². The standard InChI is InChI=1S/C42H57BN2/c1-7-30-19-32-17-27(4)21-41(23-30,25-32)37-15-13-35(44-37)40(39-29(6)11-10-12-34(39)9-3)36-14-16-38(45(36)43)42-22-28(5)18-33(26-42)20-31(8-2)24-42/h10-16,27-28,30-33H,7-9,17-26H2,1-6H3/b40-35+. The largest absolute Gasteiger partial charge is 0.400 e. The molecule has 2 radical (unpaired) electrons. The summed E-state index contributed by atoms with van der Waals surface area (Å²) in [7, 11) is 7.37. The molecule has 1 aromatic heterocycles. The molecule has 4 saturated carbocycles. The van der Waals surface area contributed by atoms with Gasteiger partial charge in [0.2, 0.25) is 7.98 Å². The minimum absolute atomic E-state index is 0.187. The first kappa shape index (κ1) is 31.3. The molecule has 0 saturated heterocycles. The Bertz CT molecular complexity index is 1510. The van der Waals surface area contributed by atoms with E-state index in [1.807, 2.05) is 0 Å². The SMILES string of the molecule is [B]n1c(/C(=C2/C=CC(C34CC(C)CC(CC(CC)C3)C4)=N2)c2c(C)cccc2CC)ccc1C12CC(C)CC(CC(CC)C1)C2. The van der Waals surface area contributed by atoms with Crippen molar-refractivity contribution in [2.24, 2.45) is 45.9 Å². The zero-order valence-electron chi connectivity index (χ0n) is 29.2. The van der Waals surface area contributed by atoms with Crippen LogP contribution in [0.25, 0.3) is 5.57 Å². The number of aliphatic imine (C=N–C) groups is 1. The van der Waals surface area contributed by atoms with E-state index >= 15 is 0 Å². The first-order valence-electron chi connectivity index (χ1n) is 18.8. The summed E-state index contributed by atoms with van der Waals surface area (Å²) in [6, 6.07) is 11.6. The van der Waals surface area contributed by atoms with Gasteiger partial charge < -0.3 is 4.48 Å². The number of hydrogen-bond acceptors (Lipinski definition) is 1. The van der Waals surface area contributed by atoms with Crippen LogP contribution in [-0.2, 0) is 11.8 Å². The van der Waals surface area contributed by atoms with Gasteiger partial charge in [0, 0.05) is 33.5 Å². The summed E-state index contributed by atoms with van der Waals surface area (Å²) in [6.45, 7) is 14.3. The van der Waals surface area contributed by atoms with E-state index in [1.165, 1.54) is 111 Å². The van der Waals surface area contributed by atoms with Crippen molar-refractivity contribution in [3.8, 4) is 0 Å². The van der Waals surface area contributed by atoms with Crippen molar-refractivity contribution >= 4 is 19.3 Å². The van der Waals surface area contributed by atoms with E-state index < -0.39 is 0 Å². The van der Waals surface area contributed by atoms with Crippen LogP contribution in [0.1, 0.15) is 140 Å². The van der Waals surface area contributed by atoms with Crippen LogP contribution in [0.15, 0.2) is 53.2 Å². The Hall–Kier alpha value is -2.29. The number of rotatable bonds is 7. The summed E-state index contributed by atoms with van der Waals surface area (Å²) in [5.74, 6) is 4.86. The molecule has 0 amide bonds. The Labute approximate surface area is 275 Å². The lowest BCUT2D eigenvalue weighted by molar-refractivity contribution is 0.0633. The third-order valence-corrected chi connectivity index (χ3v) is 13.3. The number of aromatic nitrogens is 1. The highest BCUT2D eigenvalue weighted by Gasteiger charge is 2.49. The molecular formula is C42H57BN2. The Morgan fingerprint density at radius 1 is 0.800 bits per heavy atom. The average molecular weight is 601 g/mol. The van der Waals surface area contributed by atoms with Gasteiger partial charge in [-0.15, -0.1) is 0 Å². The van der Waals surface area contributed by atoms with E-state index in [1.54, 1.807) is 0 Å². The number of fused-ring (bicyclic) bond motifs is 4. The van der Waals surface area contributed by atoms with Crippen molar-refractivity contribution in [2.45, 2.75) is 130 Å². The number of aryl methyl sites for hydroxylation is 2. The first-order chi connectivity index (χ1) is 21.7. The molecular weight excluding hydrogens is 543 g/mol. The number of allylic oxidation sites excluding steroid dienone is 2. The molecule has 8 atom stereocenters. The van der Waals surface area contributed by atoms with Gasteiger partial charge in [-0.3, -0.25) is 4.99 Å². The van der Waals surface area contributed by atoms with Gasteiger partial charge in [0.1, 0.15) is 0 Å². The fourth-order valence-corrected chi connectivity index (χ4v) is 11.9. The maximum Gasteiger partial charge on any atom is 0.234 e. The number of hydrogen-bond donors (Lipinski definition) is 0. The molecule has 2 heterocycles. The van der Waals surface area contributed by atoms with Crippen LogP contribution in [-0.4, -0.2) is 18.2 Å². The van der Waals surface area contributed by atoms with Gasteiger partial charge in [0.25, 0.3) is 0 Å². The average Bonchev–Trinajstić information content (AvgIpc) is 3.65.